The van der Waals surface area contributed by atoms with Crippen LogP contribution in [0, 0.1) is 13.8 Å². The van der Waals surface area contributed by atoms with Crippen LogP contribution in [0.25, 0.3) is 11.3 Å². The van der Waals surface area contributed by atoms with Crippen LogP contribution in [-0.2, 0) is 17.8 Å². The van der Waals surface area contributed by atoms with E-state index in [0.717, 1.165) is 52.2 Å². The van der Waals surface area contributed by atoms with E-state index in [-0.39, 0.29) is 6.42 Å². The standard InChI is InChI=1S/C28H34N2O4/c1-20-17-24(33-16-6-15-30(3)4)18-21(2)28(20)25-7-5-8-26(29-25)34-19-23-11-9-22(10-12-23)13-14-27(31)32/h5,7-12,17-18H,6,13-16,19H2,1-4H3,(H,31,32). The van der Waals surface area contributed by atoms with Crippen molar-refractivity contribution in [3.05, 3.63) is 76.9 Å². The minimum Gasteiger partial charge on any atom is -0.494 e. The Kier molecular flexibility index (Phi) is 9.05. The molecule has 0 amide bonds. The van der Waals surface area contributed by atoms with Gasteiger partial charge in [-0.05, 0) is 81.2 Å². The number of carboxylic acid groups (broad SMARTS) is 1. The van der Waals surface area contributed by atoms with Crippen LogP contribution in [0.4, 0.5) is 0 Å². The van der Waals surface area contributed by atoms with Gasteiger partial charge in [-0.1, -0.05) is 30.3 Å². The van der Waals surface area contributed by atoms with Crippen LogP contribution in [0.3, 0.4) is 0 Å². The second-order valence-corrected chi connectivity index (χ2v) is 8.80. The van der Waals surface area contributed by atoms with Crippen LogP contribution in [0.1, 0.15) is 35.1 Å². The lowest BCUT2D eigenvalue weighted by molar-refractivity contribution is -0.136. The zero-order chi connectivity index (χ0) is 24.5. The van der Waals surface area contributed by atoms with Gasteiger partial charge in [0.05, 0.1) is 12.3 Å². The second kappa shape index (κ2) is 12.2. The highest BCUT2D eigenvalue weighted by Crippen LogP contribution is 2.31. The first-order valence-electron chi connectivity index (χ1n) is 11.6. The van der Waals surface area contributed by atoms with Gasteiger partial charge in [0.2, 0.25) is 5.88 Å². The second-order valence-electron chi connectivity index (χ2n) is 8.80. The molecule has 0 fully saturated rings. The third-order valence-electron chi connectivity index (χ3n) is 5.54. The zero-order valence-corrected chi connectivity index (χ0v) is 20.5. The number of nitrogens with zero attached hydrogens (tertiary/aromatic N) is 2. The Morgan fingerprint density at radius 1 is 0.971 bits per heavy atom. The molecule has 0 aliphatic rings. The molecule has 0 radical (unpaired) electrons. The maximum Gasteiger partial charge on any atom is 0.303 e. The van der Waals surface area contributed by atoms with Gasteiger partial charge in [0, 0.05) is 24.6 Å². The Labute approximate surface area is 202 Å². The van der Waals surface area contributed by atoms with E-state index in [0.29, 0.717) is 25.5 Å². The summed E-state index contributed by atoms with van der Waals surface area (Å²) in [6.45, 7) is 6.25. The Morgan fingerprint density at radius 2 is 1.65 bits per heavy atom. The van der Waals surface area contributed by atoms with E-state index >= 15 is 0 Å². The predicted molar refractivity (Wildman–Crippen MR) is 135 cm³/mol. The lowest BCUT2D eigenvalue weighted by Gasteiger charge is -2.15. The average molecular weight is 463 g/mol. The van der Waals surface area contributed by atoms with Crippen molar-refractivity contribution in [2.75, 3.05) is 27.2 Å². The van der Waals surface area contributed by atoms with E-state index in [4.69, 9.17) is 19.6 Å². The fourth-order valence-corrected chi connectivity index (χ4v) is 3.83. The fraction of sp³-hybridized carbons (Fsp3) is 0.357. The molecule has 180 valence electrons. The molecule has 0 atom stereocenters. The van der Waals surface area contributed by atoms with Crippen LogP contribution in [0.15, 0.2) is 54.6 Å². The fourth-order valence-electron chi connectivity index (χ4n) is 3.83. The molecular formula is C28H34N2O4. The summed E-state index contributed by atoms with van der Waals surface area (Å²) in [6, 6.07) is 17.8. The molecule has 3 rings (SSSR count). The first-order chi connectivity index (χ1) is 16.3. The molecule has 6 heteroatoms. The van der Waals surface area contributed by atoms with Crippen molar-refractivity contribution in [2.45, 2.75) is 39.7 Å². The third-order valence-corrected chi connectivity index (χ3v) is 5.54. The quantitative estimate of drug-likeness (QED) is 0.369. The van der Waals surface area contributed by atoms with Gasteiger partial charge in [-0.25, -0.2) is 4.98 Å². The summed E-state index contributed by atoms with van der Waals surface area (Å²) < 4.78 is 11.9. The van der Waals surface area contributed by atoms with Crippen molar-refractivity contribution in [3.8, 4) is 22.9 Å². The summed E-state index contributed by atoms with van der Waals surface area (Å²) in [5, 5.41) is 8.82. The number of rotatable bonds is 12. The number of hydrogen-bond acceptors (Lipinski definition) is 5. The molecule has 0 spiro atoms. The number of aliphatic carboxylic acids is 1. The van der Waals surface area contributed by atoms with Gasteiger partial charge in [-0.3, -0.25) is 4.79 Å². The monoisotopic (exact) mass is 462 g/mol. The maximum absolute atomic E-state index is 10.7. The average Bonchev–Trinajstić information content (AvgIpc) is 2.79. The normalized spacial score (nSPS) is 11.0. The van der Waals surface area contributed by atoms with Crippen molar-refractivity contribution in [2.24, 2.45) is 0 Å². The zero-order valence-electron chi connectivity index (χ0n) is 20.5. The van der Waals surface area contributed by atoms with Crippen LogP contribution < -0.4 is 9.47 Å². The van der Waals surface area contributed by atoms with E-state index in [1.807, 2.05) is 42.5 Å². The lowest BCUT2D eigenvalue weighted by atomic mass is 9.99. The Balaban J connectivity index is 1.64. The smallest absolute Gasteiger partial charge is 0.303 e. The van der Waals surface area contributed by atoms with Crippen LogP contribution >= 0.6 is 0 Å². The molecule has 34 heavy (non-hydrogen) atoms. The van der Waals surface area contributed by atoms with Crippen molar-refractivity contribution in [1.82, 2.24) is 9.88 Å². The molecule has 0 saturated carbocycles. The molecule has 0 aliphatic carbocycles. The van der Waals surface area contributed by atoms with E-state index in [1.54, 1.807) is 0 Å². The number of carbonyl (C=O) groups is 1. The highest BCUT2D eigenvalue weighted by atomic mass is 16.5. The van der Waals surface area contributed by atoms with Crippen molar-refractivity contribution >= 4 is 5.97 Å². The van der Waals surface area contributed by atoms with Gasteiger partial charge < -0.3 is 19.5 Å². The van der Waals surface area contributed by atoms with Gasteiger partial charge in [-0.2, -0.15) is 0 Å². The number of aromatic nitrogens is 1. The number of ether oxygens (including phenoxy) is 2. The number of carboxylic acids is 1. The van der Waals surface area contributed by atoms with Crippen molar-refractivity contribution in [3.63, 3.8) is 0 Å². The minimum absolute atomic E-state index is 0.134. The SMILES string of the molecule is Cc1cc(OCCCN(C)C)cc(C)c1-c1cccc(OCc2ccc(CCC(=O)O)cc2)n1. The number of pyridine rings is 1. The third kappa shape index (κ3) is 7.59. The summed E-state index contributed by atoms with van der Waals surface area (Å²) in [6.07, 6.45) is 1.65. The molecule has 0 unspecified atom stereocenters. The van der Waals surface area contributed by atoms with Crippen molar-refractivity contribution < 1.29 is 19.4 Å². The van der Waals surface area contributed by atoms with Gasteiger partial charge in [0.15, 0.2) is 0 Å². The van der Waals surface area contributed by atoms with E-state index < -0.39 is 5.97 Å². The van der Waals surface area contributed by atoms with Crippen LogP contribution in [0.2, 0.25) is 0 Å². The summed E-state index contributed by atoms with van der Waals surface area (Å²) in [5.74, 6) is 0.665. The first kappa shape index (κ1) is 25.2. The predicted octanol–water partition coefficient (Wildman–Crippen LogP) is 5.29. The summed E-state index contributed by atoms with van der Waals surface area (Å²) in [4.78, 5) is 17.6. The van der Waals surface area contributed by atoms with Gasteiger partial charge in [0.25, 0.3) is 0 Å². The Bertz CT molecular complexity index is 1070. The molecule has 2 aromatic carbocycles. The molecule has 1 N–H and O–H groups in total. The van der Waals surface area contributed by atoms with Crippen LogP contribution in [-0.4, -0.2) is 48.2 Å². The van der Waals surface area contributed by atoms with Crippen LogP contribution in [0.5, 0.6) is 11.6 Å². The van der Waals surface area contributed by atoms with Gasteiger partial charge in [-0.15, -0.1) is 0 Å². The number of aryl methyl sites for hydroxylation is 3. The van der Waals surface area contributed by atoms with Gasteiger partial charge in [0.1, 0.15) is 12.4 Å². The van der Waals surface area contributed by atoms with Crippen molar-refractivity contribution in [1.29, 1.82) is 0 Å². The van der Waals surface area contributed by atoms with E-state index in [9.17, 15) is 4.79 Å². The first-order valence-corrected chi connectivity index (χ1v) is 11.6. The number of benzene rings is 2. The Hall–Kier alpha value is -3.38. The molecular weight excluding hydrogens is 428 g/mol. The molecule has 0 aliphatic heterocycles. The maximum atomic E-state index is 10.7. The van der Waals surface area contributed by atoms with E-state index in [2.05, 4.69) is 45.0 Å². The highest BCUT2D eigenvalue weighted by molar-refractivity contribution is 5.69. The topological polar surface area (TPSA) is 71.9 Å². The van der Waals surface area contributed by atoms with Gasteiger partial charge >= 0.3 is 5.97 Å². The minimum atomic E-state index is -0.786. The molecule has 0 bridgehead atoms. The lowest BCUT2D eigenvalue weighted by Crippen LogP contribution is -2.15. The largest absolute Gasteiger partial charge is 0.494 e. The molecule has 1 heterocycles. The number of hydrogen-bond donors (Lipinski definition) is 1. The molecule has 0 saturated heterocycles. The summed E-state index contributed by atoms with van der Waals surface area (Å²) in [7, 11) is 4.13. The molecule has 1 aromatic heterocycles. The molecule has 6 nitrogen and oxygen atoms in total. The van der Waals surface area contributed by atoms with E-state index in [1.165, 1.54) is 0 Å². The summed E-state index contributed by atoms with van der Waals surface area (Å²) in [5.41, 5.74) is 6.20. The molecule has 3 aromatic rings. The highest BCUT2D eigenvalue weighted by Gasteiger charge is 2.11. The Morgan fingerprint density at radius 3 is 2.29 bits per heavy atom. The summed E-state index contributed by atoms with van der Waals surface area (Å²) >= 11 is 0.